The summed E-state index contributed by atoms with van der Waals surface area (Å²) in [5, 5.41) is 19.9. The molecular formula is C29H28O4. The molecule has 4 aromatic carbocycles. The van der Waals surface area contributed by atoms with Crippen LogP contribution in [0.3, 0.4) is 0 Å². The minimum absolute atomic E-state index is 0.109. The van der Waals surface area contributed by atoms with Gasteiger partial charge >= 0.3 is 0 Å². The Morgan fingerprint density at radius 3 is 1.88 bits per heavy atom. The second-order valence-corrected chi connectivity index (χ2v) is 8.07. The molecule has 0 saturated carbocycles. The molecule has 0 heterocycles. The van der Waals surface area contributed by atoms with Crippen LogP contribution < -0.4 is 9.47 Å². The predicted octanol–water partition coefficient (Wildman–Crippen LogP) is 6.47. The van der Waals surface area contributed by atoms with E-state index in [-0.39, 0.29) is 11.5 Å². The molecule has 4 heteroatoms. The molecule has 168 valence electrons. The zero-order valence-electron chi connectivity index (χ0n) is 18.7. The molecule has 0 unspecified atom stereocenters. The van der Waals surface area contributed by atoms with Gasteiger partial charge in [0.1, 0.15) is 17.2 Å². The molecule has 0 radical (unpaired) electrons. The average molecular weight is 441 g/mol. The fourth-order valence-corrected chi connectivity index (χ4v) is 3.76. The molecule has 33 heavy (non-hydrogen) atoms. The Kier molecular flexibility index (Phi) is 7.16. The minimum atomic E-state index is 0.109. The fraction of sp³-hybridized carbons (Fsp3) is 0.172. The van der Waals surface area contributed by atoms with Crippen LogP contribution in [0.2, 0.25) is 0 Å². The Hall–Kier alpha value is -3.92. The number of aromatic hydroxyl groups is 2. The monoisotopic (exact) mass is 440 g/mol. The standard InChI is InChI=1S/C29H28O4/c1-32-27-7-3-5-23(19-27)9-8-21-12-15-26(16-13-21)33-29-20-24(14-17-28(29)31)11-10-22-4-2-6-25(30)18-22/h2-7,12-20,30-31H,8-11H2,1H3. The van der Waals surface area contributed by atoms with Crippen LogP contribution in [0, 0.1) is 0 Å². The van der Waals surface area contributed by atoms with Gasteiger partial charge < -0.3 is 19.7 Å². The molecule has 0 amide bonds. The third-order valence-electron chi connectivity index (χ3n) is 5.62. The number of hydrogen-bond donors (Lipinski definition) is 2. The van der Waals surface area contributed by atoms with Crippen molar-refractivity contribution >= 4 is 0 Å². The van der Waals surface area contributed by atoms with Crippen molar-refractivity contribution in [3.8, 4) is 28.7 Å². The molecule has 0 saturated heterocycles. The summed E-state index contributed by atoms with van der Waals surface area (Å²) in [5.41, 5.74) is 4.58. The lowest BCUT2D eigenvalue weighted by atomic mass is 10.0. The highest BCUT2D eigenvalue weighted by Gasteiger charge is 2.07. The molecule has 0 aromatic heterocycles. The van der Waals surface area contributed by atoms with Gasteiger partial charge in [0.05, 0.1) is 7.11 Å². The largest absolute Gasteiger partial charge is 0.508 e. The van der Waals surface area contributed by atoms with E-state index in [2.05, 4.69) is 24.3 Å². The zero-order chi connectivity index (χ0) is 23.0. The Bertz CT molecular complexity index is 1200. The first kappa shape index (κ1) is 22.3. The van der Waals surface area contributed by atoms with Gasteiger partial charge in [0.25, 0.3) is 0 Å². The lowest BCUT2D eigenvalue weighted by molar-refractivity contribution is 0.410. The number of benzene rings is 4. The van der Waals surface area contributed by atoms with Crippen LogP contribution >= 0.6 is 0 Å². The first-order valence-corrected chi connectivity index (χ1v) is 11.1. The molecule has 4 nitrogen and oxygen atoms in total. The summed E-state index contributed by atoms with van der Waals surface area (Å²) in [4.78, 5) is 0. The van der Waals surface area contributed by atoms with E-state index in [0.29, 0.717) is 11.5 Å². The molecule has 0 spiro atoms. The van der Waals surface area contributed by atoms with E-state index in [4.69, 9.17) is 9.47 Å². The number of methoxy groups -OCH3 is 1. The quantitative estimate of drug-likeness (QED) is 0.313. The van der Waals surface area contributed by atoms with Gasteiger partial charge in [-0.15, -0.1) is 0 Å². The number of phenolic OH excluding ortho intramolecular Hbond substituents is 2. The number of aryl methyl sites for hydroxylation is 4. The van der Waals surface area contributed by atoms with Crippen molar-refractivity contribution < 1.29 is 19.7 Å². The Labute approximate surface area is 194 Å². The van der Waals surface area contributed by atoms with Gasteiger partial charge in [0.2, 0.25) is 0 Å². The fourth-order valence-electron chi connectivity index (χ4n) is 3.76. The lowest BCUT2D eigenvalue weighted by Crippen LogP contribution is -1.94. The van der Waals surface area contributed by atoms with Crippen molar-refractivity contribution in [1.82, 2.24) is 0 Å². The van der Waals surface area contributed by atoms with Crippen molar-refractivity contribution in [2.24, 2.45) is 0 Å². The van der Waals surface area contributed by atoms with Crippen molar-refractivity contribution in [3.05, 3.63) is 113 Å². The second-order valence-electron chi connectivity index (χ2n) is 8.07. The van der Waals surface area contributed by atoms with Crippen LogP contribution in [0.25, 0.3) is 0 Å². The normalized spacial score (nSPS) is 10.7. The van der Waals surface area contributed by atoms with Crippen LogP contribution in [-0.4, -0.2) is 17.3 Å². The molecule has 0 bridgehead atoms. The number of phenols is 2. The second kappa shape index (κ2) is 10.6. The van der Waals surface area contributed by atoms with E-state index in [0.717, 1.165) is 42.6 Å². The summed E-state index contributed by atoms with van der Waals surface area (Å²) in [7, 11) is 1.68. The highest BCUT2D eigenvalue weighted by Crippen LogP contribution is 2.32. The predicted molar refractivity (Wildman–Crippen MR) is 131 cm³/mol. The molecular weight excluding hydrogens is 412 g/mol. The third kappa shape index (κ3) is 6.30. The van der Waals surface area contributed by atoms with Gasteiger partial charge in [-0.05, 0) is 96.5 Å². The van der Waals surface area contributed by atoms with Crippen LogP contribution in [0.5, 0.6) is 28.7 Å². The summed E-state index contributed by atoms with van der Waals surface area (Å²) < 4.78 is 11.3. The summed E-state index contributed by atoms with van der Waals surface area (Å²) in [6.45, 7) is 0. The molecule has 4 aromatic rings. The van der Waals surface area contributed by atoms with Crippen LogP contribution in [0.1, 0.15) is 22.3 Å². The van der Waals surface area contributed by atoms with E-state index in [1.54, 1.807) is 25.3 Å². The van der Waals surface area contributed by atoms with Crippen molar-refractivity contribution in [2.75, 3.05) is 7.11 Å². The molecule has 0 aliphatic heterocycles. The lowest BCUT2D eigenvalue weighted by Gasteiger charge is -2.11. The molecule has 4 rings (SSSR count). The Morgan fingerprint density at radius 1 is 0.576 bits per heavy atom. The zero-order valence-corrected chi connectivity index (χ0v) is 18.7. The van der Waals surface area contributed by atoms with Crippen LogP contribution in [-0.2, 0) is 25.7 Å². The number of hydrogen-bond acceptors (Lipinski definition) is 4. The van der Waals surface area contributed by atoms with Gasteiger partial charge in [-0.2, -0.15) is 0 Å². The third-order valence-corrected chi connectivity index (χ3v) is 5.62. The van der Waals surface area contributed by atoms with E-state index in [1.807, 2.05) is 48.5 Å². The van der Waals surface area contributed by atoms with Gasteiger partial charge in [0.15, 0.2) is 11.5 Å². The maximum absolute atomic E-state index is 10.3. The summed E-state index contributed by atoms with van der Waals surface area (Å²) in [6.07, 6.45) is 3.42. The molecule has 0 fully saturated rings. The summed E-state index contributed by atoms with van der Waals surface area (Å²) >= 11 is 0. The highest BCUT2D eigenvalue weighted by atomic mass is 16.5. The first-order valence-electron chi connectivity index (χ1n) is 11.1. The molecule has 0 atom stereocenters. The van der Waals surface area contributed by atoms with Gasteiger partial charge in [-0.1, -0.05) is 42.5 Å². The van der Waals surface area contributed by atoms with Gasteiger partial charge in [-0.3, -0.25) is 0 Å². The smallest absolute Gasteiger partial charge is 0.169 e. The number of ether oxygens (including phenoxy) is 2. The van der Waals surface area contributed by atoms with Crippen LogP contribution in [0.4, 0.5) is 0 Å². The van der Waals surface area contributed by atoms with Crippen molar-refractivity contribution in [1.29, 1.82) is 0 Å². The van der Waals surface area contributed by atoms with Crippen LogP contribution in [0.15, 0.2) is 91.0 Å². The first-order chi connectivity index (χ1) is 16.1. The average Bonchev–Trinajstić information content (AvgIpc) is 2.84. The SMILES string of the molecule is COc1cccc(CCc2ccc(Oc3cc(CCc4cccc(O)c4)ccc3O)cc2)c1. The molecule has 2 N–H and O–H groups in total. The minimum Gasteiger partial charge on any atom is -0.508 e. The van der Waals surface area contributed by atoms with Crippen molar-refractivity contribution in [3.63, 3.8) is 0 Å². The maximum atomic E-state index is 10.3. The summed E-state index contributed by atoms with van der Waals surface area (Å²) in [6, 6.07) is 28.8. The molecule has 0 aliphatic carbocycles. The van der Waals surface area contributed by atoms with E-state index >= 15 is 0 Å². The van der Waals surface area contributed by atoms with E-state index < -0.39 is 0 Å². The highest BCUT2D eigenvalue weighted by molar-refractivity contribution is 5.45. The maximum Gasteiger partial charge on any atom is 0.169 e. The van der Waals surface area contributed by atoms with Crippen molar-refractivity contribution in [2.45, 2.75) is 25.7 Å². The van der Waals surface area contributed by atoms with Gasteiger partial charge in [0, 0.05) is 0 Å². The van der Waals surface area contributed by atoms with Gasteiger partial charge in [-0.25, -0.2) is 0 Å². The Balaban J connectivity index is 1.36. The Morgan fingerprint density at radius 2 is 1.18 bits per heavy atom. The van der Waals surface area contributed by atoms with E-state index in [9.17, 15) is 10.2 Å². The number of rotatable bonds is 9. The summed E-state index contributed by atoms with van der Waals surface area (Å²) in [5.74, 6) is 2.38. The topological polar surface area (TPSA) is 58.9 Å². The van der Waals surface area contributed by atoms with E-state index in [1.165, 1.54) is 11.1 Å². The molecule has 0 aliphatic rings.